The molecule has 0 aliphatic carbocycles. The molecule has 0 bridgehead atoms. The van der Waals surface area contributed by atoms with Crippen LogP contribution in [0.25, 0.3) is 0 Å². The first-order chi connectivity index (χ1) is 11.5. The van der Waals surface area contributed by atoms with Crippen LogP contribution in [0.3, 0.4) is 0 Å². The van der Waals surface area contributed by atoms with Crippen molar-refractivity contribution < 1.29 is 9.90 Å². The molecule has 1 aromatic carbocycles. The zero-order chi connectivity index (χ0) is 17.2. The number of benzene rings is 1. The SMILES string of the molecule is CC(C)(c1ccccc1)c1nnc(NC(=O)N2CCC(CO)C2)s1. The molecule has 0 saturated carbocycles. The highest BCUT2D eigenvalue weighted by Crippen LogP contribution is 2.34. The normalized spacial score (nSPS) is 18.0. The number of aliphatic hydroxyl groups excluding tert-OH is 1. The lowest BCUT2D eigenvalue weighted by Gasteiger charge is -2.21. The van der Waals surface area contributed by atoms with Crippen LogP contribution in [0.4, 0.5) is 9.93 Å². The molecule has 3 rings (SSSR count). The van der Waals surface area contributed by atoms with Gasteiger partial charge in [0.15, 0.2) is 0 Å². The zero-order valence-corrected chi connectivity index (χ0v) is 14.7. The van der Waals surface area contributed by atoms with Crippen molar-refractivity contribution in [2.24, 2.45) is 5.92 Å². The van der Waals surface area contributed by atoms with Crippen molar-refractivity contribution in [3.8, 4) is 0 Å². The Hall–Kier alpha value is -1.99. The minimum absolute atomic E-state index is 0.123. The van der Waals surface area contributed by atoms with Crippen LogP contribution < -0.4 is 5.32 Å². The lowest BCUT2D eigenvalue weighted by atomic mass is 9.85. The van der Waals surface area contributed by atoms with Gasteiger partial charge in [0.2, 0.25) is 5.13 Å². The number of nitrogens with one attached hydrogen (secondary N) is 1. The van der Waals surface area contributed by atoms with Crippen LogP contribution in [0.1, 0.15) is 30.8 Å². The van der Waals surface area contributed by atoms with E-state index in [1.165, 1.54) is 11.3 Å². The first kappa shape index (κ1) is 16.9. The summed E-state index contributed by atoms with van der Waals surface area (Å²) in [5.41, 5.74) is 0.890. The number of anilines is 1. The standard InChI is InChI=1S/C17H22N4O2S/c1-17(2,13-6-4-3-5-7-13)14-19-20-15(24-14)18-16(23)21-9-8-12(10-21)11-22/h3-7,12,22H,8-11H2,1-2H3,(H,18,20,23). The summed E-state index contributed by atoms with van der Waals surface area (Å²) in [5, 5.41) is 21.8. The molecule has 1 aliphatic rings. The number of carbonyl (C=O) groups is 1. The van der Waals surface area contributed by atoms with Gasteiger partial charge in [-0.15, -0.1) is 10.2 Å². The number of hydrogen-bond donors (Lipinski definition) is 2. The molecule has 1 saturated heterocycles. The van der Waals surface area contributed by atoms with Crippen LogP contribution >= 0.6 is 11.3 Å². The van der Waals surface area contributed by atoms with Gasteiger partial charge in [0.05, 0.1) is 0 Å². The molecule has 2 amide bonds. The maximum absolute atomic E-state index is 12.3. The fourth-order valence-electron chi connectivity index (χ4n) is 2.84. The van der Waals surface area contributed by atoms with Gasteiger partial charge in [-0.05, 0) is 25.8 Å². The Balaban J connectivity index is 1.69. The highest BCUT2D eigenvalue weighted by Gasteiger charge is 2.29. The molecule has 2 aromatic rings. The fourth-order valence-corrected chi connectivity index (χ4v) is 3.70. The quantitative estimate of drug-likeness (QED) is 0.892. The minimum Gasteiger partial charge on any atom is -0.396 e. The van der Waals surface area contributed by atoms with Crippen LogP contribution in [0.15, 0.2) is 30.3 Å². The Labute approximate surface area is 145 Å². The van der Waals surface area contributed by atoms with E-state index in [1.54, 1.807) is 4.90 Å². The second kappa shape index (κ2) is 6.86. The van der Waals surface area contributed by atoms with E-state index in [0.29, 0.717) is 18.2 Å². The number of rotatable bonds is 4. The van der Waals surface area contributed by atoms with Gasteiger partial charge in [-0.2, -0.15) is 0 Å². The Morgan fingerprint density at radius 3 is 2.79 bits per heavy atom. The van der Waals surface area contributed by atoms with Crippen molar-refractivity contribution in [1.29, 1.82) is 0 Å². The number of aromatic nitrogens is 2. The van der Waals surface area contributed by atoms with Crippen LogP contribution in [-0.4, -0.2) is 45.9 Å². The average molecular weight is 346 g/mol. The molecular weight excluding hydrogens is 324 g/mol. The lowest BCUT2D eigenvalue weighted by Crippen LogP contribution is -2.33. The molecule has 1 aliphatic heterocycles. The summed E-state index contributed by atoms with van der Waals surface area (Å²) in [6.45, 7) is 5.57. The van der Waals surface area contributed by atoms with Gasteiger partial charge >= 0.3 is 6.03 Å². The smallest absolute Gasteiger partial charge is 0.323 e. The largest absolute Gasteiger partial charge is 0.396 e. The van der Waals surface area contributed by atoms with Gasteiger partial charge in [-0.1, -0.05) is 41.7 Å². The molecule has 1 atom stereocenters. The van der Waals surface area contributed by atoms with Gasteiger partial charge in [-0.3, -0.25) is 5.32 Å². The zero-order valence-electron chi connectivity index (χ0n) is 13.9. The maximum atomic E-state index is 12.3. The Bertz CT molecular complexity index is 702. The van der Waals surface area contributed by atoms with Gasteiger partial charge in [0, 0.05) is 31.0 Å². The van der Waals surface area contributed by atoms with Gasteiger partial charge in [-0.25, -0.2) is 4.79 Å². The van der Waals surface area contributed by atoms with E-state index in [-0.39, 0.29) is 24.0 Å². The molecule has 2 heterocycles. The van der Waals surface area contributed by atoms with E-state index in [9.17, 15) is 9.90 Å². The maximum Gasteiger partial charge on any atom is 0.323 e. The van der Waals surface area contributed by atoms with Gasteiger partial charge in [0.25, 0.3) is 0 Å². The number of nitrogens with zero attached hydrogens (tertiary/aromatic N) is 3. The molecule has 1 unspecified atom stereocenters. The molecule has 0 spiro atoms. The van der Waals surface area contributed by atoms with Crippen molar-refractivity contribution in [2.75, 3.05) is 25.0 Å². The number of likely N-dealkylation sites (tertiary alicyclic amines) is 1. The molecule has 2 N–H and O–H groups in total. The second-order valence-electron chi connectivity index (χ2n) is 6.62. The molecule has 1 fully saturated rings. The van der Waals surface area contributed by atoms with Gasteiger partial charge < -0.3 is 10.0 Å². The third kappa shape index (κ3) is 3.42. The van der Waals surface area contributed by atoms with E-state index in [1.807, 2.05) is 18.2 Å². The van der Waals surface area contributed by atoms with E-state index >= 15 is 0 Å². The summed E-state index contributed by atoms with van der Waals surface area (Å²) < 4.78 is 0. The molecule has 6 nitrogen and oxygen atoms in total. The second-order valence-corrected chi connectivity index (χ2v) is 7.59. The van der Waals surface area contributed by atoms with E-state index in [2.05, 4.69) is 41.5 Å². The number of hydrogen-bond acceptors (Lipinski definition) is 5. The van der Waals surface area contributed by atoms with Gasteiger partial charge in [0.1, 0.15) is 5.01 Å². The number of amides is 2. The lowest BCUT2D eigenvalue weighted by molar-refractivity contribution is 0.208. The van der Waals surface area contributed by atoms with E-state index in [0.717, 1.165) is 17.0 Å². The van der Waals surface area contributed by atoms with Crippen LogP contribution in [0, 0.1) is 5.92 Å². The summed E-state index contributed by atoms with van der Waals surface area (Å²) in [7, 11) is 0. The van der Waals surface area contributed by atoms with E-state index < -0.39 is 0 Å². The monoisotopic (exact) mass is 346 g/mol. The third-order valence-electron chi connectivity index (χ3n) is 4.50. The summed E-state index contributed by atoms with van der Waals surface area (Å²) in [4.78, 5) is 14.0. The first-order valence-electron chi connectivity index (χ1n) is 8.07. The predicted molar refractivity (Wildman–Crippen MR) is 94.3 cm³/mol. The summed E-state index contributed by atoms with van der Waals surface area (Å²) in [5.74, 6) is 0.178. The minimum atomic E-state index is -0.266. The number of carbonyl (C=O) groups excluding carboxylic acids is 1. The van der Waals surface area contributed by atoms with Crippen molar-refractivity contribution in [3.63, 3.8) is 0 Å². The number of aliphatic hydroxyl groups is 1. The summed E-state index contributed by atoms with van der Waals surface area (Å²) >= 11 is 1.40. The Kier molecular flexibility index (Phi) is 4.82. The van der Waals surface area contributed by atoms with Crippen molar-refractivity contribution in [3.05, 3.63) is 40.9 Å². The predicted octanol–water partition coefficient (Wildman–Crippen LogP) is 2.71. The van der Waals surface area contributed by atoms with Crippen molar-refractivity contribution in [2.45, 2.75) is 25.7 Å². The molecular formula is C17H22N4O2S. The first-order valence-corrected chi connectivity index (χ1v) is 8.88. The highest BCUT2D eigenvalue weighted by atomic mass is 32.1. The van der Waals surface area contributed by atoms with Crippen LogP contribution in [0.2, 0.25) is 0 Å². The molecule has 0 radical (unpaired) electrons. The third-order valence-corrected chi connectivity index (χ3v) is 5.66. The highest BCUT2D eigenvalue weighted by molar-refractivity contribution is 7.15. The fraction of sp³-hybridized carbons (Fsp3) is 0.471. The molecule has 128 valence electrons. The average Bonchev–Trinajstić information content (AvgIpc) is 3.25. The summed E-state index contributed by atoms with van der Waals surface area (Å²) in [6.07, 6.45) is 0.840. The Morgan fingerprint density at radius 2 is 2.12 bits per heavy atom. The summed E-state index contributed by atoms with van der Waals surface area (Å²) in [6, 6.07) is 9.96. The molecule has 1 aromatic heterocycles. The van der Waals surface area contributed by atoms with E-state index in [4.69, 9.17) is 0 Å². The number of urea groups is 1. The van der Waals surface area contributed by atoms with Crippen molar-refractivity contribution in [1.82, 2.24) is 15.1 Å². The molecule has 7 heteroatoms. The van der Waals surface area contributed by atoms with Crippen LogP contribution in [0.5, 0.6) is 0 Å². The van der Waals surface area contributed by atoms with Crippen molar-refractivity contribution >= 4 is 22.5 Å². The Morgan fingerprint density at radius 1 is 1.38 bits per heavy atom. The molecule has 24 heavy (non-hydrogen) atoms. The van der Waals surface area contributed by atoms with Crippen LogP contribution in [-0.2, 0) is 5.41 Å². The topological polar surface area (TPSA) is 78.4 Å².